The predicted molar refractivity (Wildman–Crippen MR) is 79.5 cm³/mol. The number of rotatable bonds is 3. The molecular formula is C14H12BrN3. The zero-order valence-electron chi connectivity index (χ0n) is 9.60. The van der Waals surface area contributed by atoms with E-state index in [1.165, 1.54) is 6.34 Å². The molecular weight excluding hydrogens is 290 g/mol. The molecule has 90 valence electrons. The van der Waals surface area contributed by atoms with Crippen LogP contribution in [0.1, 0.15) is 5.56 Å². The first kappa shape index (κ1) is 12.5. The number of para-hydroxylation sites is 1. The van der Waals surface area contributed by atoms with Gasteiger partial charge in [0.05, 0.1) is 6.34 Å². The summed E-state index contributed by atoms with van der Waals surface area (Å²) in [4.78, 5) is 4.05. The van der Waals surface area contributed by atoms with E-state index < -0.39 is 0 Å². The van der Waals surface area contributed by atoms with Gasteiger partial charge >= 0.3 is 0 Å². The minimum atomic E-state index is 0.228. The molecule has 0 amide bonds. The molecule has 2 rings (SSSR count). The van der Waals surface area contributed by atoms with E-state index in [9.17, 15) is 0 Å². The molecule has 0 unspecified atom stereocenters. The average Bonchev–Trinajstić information content (AvgIpc) is 2.40. The third kappa shape index (κ3) is 3.53. The van der Waals surface area contributed by atoms with Crippen LogP contribution in [0.2, 0.25) is 0 Å². The molecule has 0 aromatic heterocycles. The fourth-order valence-electron chi connectivity index (χ4n) is 1.39. The second-order valence-corrected chi connectivity index (χ2v) is 4.54. The molecule has 0 radical (unpaired) electrons. The third-order valence-corrected chi connectivity index (χ3v) is 2.84. The van der Waals surface area contributed by atoms with Crippen LogP contribution >= 0.6 is 15.9 Å². The summed E-state index contributed by atoms with van der Waals surface area (Å²) in [5, 5.41) is 10.8. The summed E-state index contributed by atoms with van der Waals surface area (Å²) >= 11 is 3.36. The summed E-state index contributed by atoms with van der Waals surface area (Å²) < 4.78 is 0.991. The fourth-order valence-corrected chi connectivity index (χ4v) is 1.65. The standard InChI is InChI=1S/C14H12BrN3/c15-12-8-6-11(7-9-12)14(16)18-10-17-13-4-2-1-3-5-13/h1-10H,(H2,16,17,18). The van der Waals surface area contributed by atoms with Gasteiger partial charge in [-0.2, -0.15) is 0 Å². The first-order valence-corrected chi connectivity index (χ1v) is 6.23. The SMILES string of the molecule is N=C(/N=C\Nc1ccccc1)c1ccc(Br)cc1. The minimum absolute atomic E-state index is 0.228. The van der Waals surface area contributed by atoms with Gasteiger partial charge in [0.25, 0.3) is 0 Å². The Kier molecular flexibility index (Phi) is 4.25. The van der Waals surface area contributed by atoms with Crippen LogP contribution in [-0.4, -0.2) is 12.2 Å². The van der Waals surface area contributed by atoms with Gasteiger partial charge in [-0.3, -0.25) is 5.41 Å². The largest absolute Gasteiger partial charge is 0.346 e. The van der Waals surface area contributed by atoms with Crippen LogP contribution in [0.3, 0.4) is 0 Å². The summed E-state index contributed by atoms with van der Waals surface area (Å²) in [6, 6.07) is 17.2. The lowest BCUT2D eigenvalue weighted by molar-refractivity contribution is 1.42. The maximum atomic E-state index is 7.81. The summed E-state index contributed by atoms with van der Waals surface area (Å²) in [5.41, 5.74) is 1.73. The van der Waals surface area contributed by atoms with Crippen LogP contribution in [0.25, 0.3) is 0 Å². The molecule has 3 nitrogen and oxygen atoms in total. The molecule has 0 fully saturated rings. The van der Waals surface area contributed by atoms with Gasteiger partial charge in [0.1, 0.15) is 0 Å². The van der Waals surface area contributed by atoms with E-state index in [-0.39, 0.29) is 5.84 Å². The van der Waals surface area contributed by atoms with Crippen molar-refractivity contribution in [2.75, 3.05) is 5.32 Å². The quantitative estimate of drug-likeness (QED) is 0.655. The van der Waals surface area contributed by atoms with Gasteiger partial charge < -0.3 is 5.32 Å². The molecule has 0 aliphatic carbocycles. The fraction of sp³-hybridized carbons (Fsp3) is 0. The second kappa shape index (κ2) is 6.12. The number of hydrogen-bond acceptors (Lipinski definition) is 1. The average molecular weight is 302 g/mol. The highest BCUT2D eigenvalue weighted by molar-refractivity contribution is 9.10. The van der Waals surface area contributed by atoms with E-state index in [0.29, 0.717) is 0 Å². The molecule has 0 aliphatic rings. The van der Waals surface area contributed by atoms with E-state index >= 15 is 0 Å². The lowest BCUT2D eigenvalue weighted by Gasteiger charge is -2.00. The van der Waals surface area contributed by atoms with Crippen molar-refractivity contribution in [3.8, 4) is 0 Å². The summed E-state index contributed by atoms with van der Waals surface area (Å²) in [5.74, 6) is 0.228. The van der Waals surface area contributed by atoms with Crippen molar-refractivity contribution in [2.24, 2.45) is 4.99 Å². The maximum absolute atomic E-state index is 7.81. The van der Waals surface area contributed by atoms with Crippen molar-refractivity contribution < 1.29 is 0 Å². The number of halogens is 1. The molecule has 2 aromatic carbocycles. The van der Waals surface area contributed by atoms with Crippen LogP contribution < -0.4 is 5.32 Å². The Labute approximate surface area is 114 Å². The van der Waals surface area contributed by atoms with Crippen molar-refractivity contribution in [3.05, 3.63) is 64.6 Å². The lowest BCUT2D eigenvalue weighted by atomic mass is 10.2. The summed E-state index contributed by atoms with van der Waals surface area (Å²) in [6.07, 6.45) is 1.53. The second-order valence-electron chi connectivity index (χ2n) is 3.62. The number of amidine groups is 1. The lowest BCUT2D eigenvalue weighted by Crippen LogP contribution is -2.00. The normalized spacial score (nSPS) is 10.5. The number of hydrogen-bond donors (Lipinski definition) is 2. The third-order valence-electron chi connectivity index (χ3n) is 2.32. The number of aliphatic imine (C=N–C) groups is 1. The first-order chi connectivity index (χ1) is 8.75. The highest BCUT2D eigenvalue weighted by atomic mass is 79.9. The van der Waals surface area contributed by atoms with Crippen molar-refractivity contribution in [2.45, 2.75) is 0 Å². The Hall–Kier alpha value is -1.94. The van der Waals surface area contributed by atoms with E-state index in [0.717, 1.165) is 15.7 Å². The van der Waals surface area contributed by atoms with E-state index in [1.807, 2.05) is 54.6 Å². The van der Waals surface area contributed by atoms with Crippen LogP contribution in [-0.2, 0) is 0 Å². The van der Waals surface area contributed by atoms with Gasteiger partial charge in [0, 0.05) is 15.7 Å². The highest BCUT2D eigenvalue weighted by Gasteiger charge is 1.97. The topological polar surface area (TPSA) is 48.2 Å². The van der Waals surface area contributed by atoms with Gasteiger partial charge in [-0.15, -0.1) is 0 Å². The molecule has 2 N–H and O–H groups in total. The highest BCUT2D eigenvalue weighted by Crippen LogP contribution is 2.11. The molecule has 0 heterocycles. The molecule has 2 aromatic rings. The zero-order valence-corrected chi connectivity index (χ0v) is 11.2. The number of anilines is 1. The number of nitrogens with one attached hydrogen (secondary N) is 2. The molecule has 0 atom stereocenters. The maximum Gasteiger partial charge on any atom is 0.153 e. The van der Waals surface area contributed by atoms with Crippen LogP contribution in [0.4, 0.5) is 5.69 Å². The van der Waals surface area contributed by atoms with Gasteiger partial charge in [-0.25, -0.2) is 4.99 Å². The Morgan fingerprint density at radius 3 is 2.39 bits per heavy atom. The predicted octanol–water partition coefficient (Wildman–Crippen LogP) is 3.91. The molecule has 4 heteroatoms. The summed E-state index contributed by atoms with van der Waals surface area (Å²) in [6.45, 7) is 0. The Morgan fingerprint density at radius 1 is 1.06 bits per heavy atom. The van der Waals surface area contributed by atoms with Crippen molar-refractivity contribution in [1.29, 1.82) is 5.41 Å². The zero-order chi connectivity index (χ0) is 12.8. The molecule has 0 bridgehead atoms. The monoisotopic (exact) mass is 301 g/mol. The van der Waals surface area contributed by atoms with E-state index in [2.05, 4.69) is 26.2 Å². The summed E-state index contributed by atoms with van der Waals surface area (Å²) in [7, 11) is 0. The Morgan fingerprint density at radius 2 is 1.72 bits per heavy atom. The van der Waals surface area contributed by atoms with Crippen LogP contribution in [0.5, 0.6) is 0 Å². The minimum Gasteiger partial charge on any atom is -0.346 e. The number of nitrogens with zero attached hydrogens (tertiary/aromatic N) is 1. The first-order valence-electron chi connectivity index (χ1n) is 5.44. The van der Waals surface area contributed by atoms with Crippen LogP contribution in [0.15, 0.2) is 64.1 Å². The smallest absolute Gasteiger partial charge is 0.153 e. The van der Waals surface area contributed by atoms with Crippen molar-refractivity contribution in [1.82, 2.24) is 0 Å². The van der Waals surface area contributed by atoms with Gasteiger partial charge in [0.15, 0.2) is 5.84 Å². The molecule has 0 aliphatic heterocycles. The van der Waals surface area contributed by atoms with Crippen molar-refractivity contribution >= 4 is 33.8 Å². The molecule has 0 saturated carbocycles. The number of benzene rings is 2. The Bertz CT molecular complexity index is 547. The molecule has 0 saturated heterocycles. The van der Waals surface area contributed by atoms with Crippen molar-refractivity contribution in [3.63, 3.8) is 0 Å². The Balaban J connectivity index is 1.97. The van der Waals surface area contributed by atoms with E-state index in [1.54, 1.807) is 0 Å². The molecule has 0 spiro atoms. The van der Waals surface area contributed by atoms with Gasteiger partial charge in [0.2, 0.25) is 0 Å². The van der Waals surface area contributed by atoms with Crippen LogP contribution in [0, 0.1) is 5.41 Å². The molecule has 18 heavy (non-hydrogen) atoms. The van der Waals surface area contributed by atoms with Gasteiger partial charge in [-0.1, -0.05) is 46.3 Å². The van der Waals surface area contributed by atoms with E-state index in [4.69, 9.17) is 5.41 Å². The van der Waals surface area contributed by atoms with Gasteiger partial charge in [-0.05, 0) is 24.3 Å².